The number of nitrogens with zero attached hydrogens (tertiary/aromatic N) is 11. The van der Waals surface area contributed by atoms with E-state index in [9.17, 15) is 95.0 Å². The fourth-order valence-electron chi connectivity index (χ4n) is 12.2. The molecule has 1 unspecified atom stereocenters. The number of hydrogen-bond acceptors (Lipinski definition) is 40. The predicted molar refractivity (Wildman–Crippen MR) is 594 cm³/mol. The number of carbonyl (C=O) groups excluding carboxylic acids is 16. The van der Waals surface area contributed by atoms with Crippen molar-refractivity contribution >= 4 is 288 Å². The maximum absolute atomic E-state index is 13.1. The molecule has 5 amide bonds. The lowest BCUT2D eigenvalue weighted by Crippen LogP contribution is -2.23. The van der Waals surface area contributed by atoms with Crippen LogP contribution in [0.5, 0.6) is 0 Å². The SMILES string of the molecule is CCC(=O)CCCC(=O)c1nc(C)sc1Cl.CCCCCCC(=O)c1nc(C)sc1Cl.CNC(=O)CCC(=O)c1nc(C)sc1Cl.CNC(=O)CCC(=O)c1nc(C)sc1F.CNCCCC(=O)c1nc(C)sc1Cl.CNCCCC(=O)c1nc(C)sc1F.Cc1nc(C(=O)CCC(N)=O)c(Cl)s1.Cc1nc(C(=O)CCC(N)=O)c(F)s1.Cc1nc(C(=O)CCCC(N)=O)c(Cl)s1.Cc1nc(C(=O)CCCN2CCC(O)C2)c(Cl)s1. The molecule has 0 aliphatic carbocycles. The monoisotopic (exact) mass is 2410 g/mol. The van der Waals surface area contributed by atoms with E-state index in [0.717, 1.165) is 134 Å². The lowest BCUT2D eigenvalue weighted by molar-refractivity contribution is -0.121. The second-order valence-electron chi connectivity index (χ2n) is 32.2. The second-order valence-corrected chi connectivity index (χ2v) is 48.3. The molecule has 826 valence electrons. The van der Waals surface area contributed by atoms with E-state index < -0.39 is 44.7 Å². The number of nitrogens with two attached hydrogens (primary N) is 3. The van der Waals surface area contributed by atoms with Gasteiger partial charge in [-0.3, -0.25) is 76.7 Å². The maximum Gasteiger partial charge on any atom is 0.220 e. The summed E-state index contributed by atoms with van der Waals surface area (Å²) in [5.74, 6) is -3.30. The van der Waals surface area contributed by atoms with Crippen molar-refractivity contribution in [2.75, 3.05) is 60.9 Å². The molecule has 1 aliphatic heterocycles. The van der Waals surface area contributed by atoms with Crippen LogP contribution in [0.1, 0.15) is 342 Å². The zero-order chi connectivity index (χ0) is 113. The van der Waals surface area contributed by atoms with Crippen molar-refractivity contribution in [3.63, 3.8) is 0 Å². The molecule has 0 aromatic carbocycles. The number of amides is 5. The summed E-state index contributed by atoms with van der Waals surface area (Å²) < 4.78 is 42.4. The molecule has 0 radical (unpaired) electrons. The van der Waals surface area contributed by atoms with E-state index in [4.69, 9.17) is 98.4 Å². The molecule has 10 aromatic heterocycles. The number of thiazole rings is 10. The number of rotatable bonds is 48. The van der Waals surface area contributed by atoms with E-state index in [-0.39, 0.29) is 163 Å². The van der Waals surface area contributed by atoms with Crippen molar-refractivity contribution in [1.29, 1.82) is 0 Å². The highest BCUT2D eigenvalue weighted by Crippen LogP contribution is 2.33. The Bertz CT molecular complexity index is 5920. The van der Waals surface area contributed by atoms with Gasteiger partial charge in [0.1, 0.15) is 76.0 Å². The molecule has 0 spiro atoms. The number of unbranched alkanes of at least 4 members (excludes halogenated alkanes) is 3. The maximum atomic E-state index is 13.1. The van der Waals surface area contributed by atoms with Crippen LogP contribution in [0.3, 0.4) is 0 Å². The zero-order valence-corrected chi connectivity index (χ0v) is 99.2. The number of nitrogens with one attached hydrogen (secondary N) is 4. The summed E-state index contributed by atoms with van der Waals surface area (Å²) in [7, 11) is 6.70. The topological polar surface area (TPSA) is 552 Å². The van der Waals surface area contributed by atoms with Gasteiger partial charge >= 0.3 is 0 Å². The standard InChI is InChI=1S/C12H17ClN2O2S.C11H14ClNO2S.C11H16ClNOS.2C9H11ClN2O2S.C9H13ClN2OS.C9H11FN2O2S.C9H13FN2OS.C8H9ClN2O2S.C8H9FN2O2S/c1-8-14-11(12(13)18-8)10(17)3-2-5-15-6-4-9(16)7-15;1-3-8(14)5-4-6-9(15)10-11(12)16-7(2)13-10;1-3-4-5-6-7-9(14)10-11(12)15-8(2)13-10;1-5-12-8(9(10)15-5)6(13)3-4-7(14)11-2;1-5-12-8(9(10)15-5)6(13)3-2-4-7(11)14;1-6-12-8(9(10)14-6)7(13)4-3-5-11-2;1-5-12-8(9(10)15-5)6(13)3-4-7(14)11-2;1-6-12-8(9(10)14-6)7(13)4-3-5-11-2;2*1-4-11-7(8(9)14-4)5(12)2-3-6(10)13/h9,16H,2-7H2,1H3;3-6H2,1-2H3;3-7H2,1-2H3;3-4H2,1-2H3,(H,11,14);2-4H2,1H3,(H2,11,14);11H,3-5H2,1-2H3;3-4H2,1-2H3,(H,11,14);11H,3-5H2,1-2H3;2*2-3H2,1H3,(H2,10,13). The third kappa shape index (κ3) is 55.2. The molecule has 11 rings (SSSR count). The van der Waals surface area contributed by atoms with E-state index in [0.29, 0.717) is 138 Å². The minimum Gasteiger partial charge on any atom is -0.392 e. The normalized spacial score (nSPS) is 11.5. The predicted octanol–water partition coefficient (Wildman–Crippen LogP) is 21.5. The Hall–Kier alpha value is -8.32. The number of aryl methyl sites for hydroxylation is 10. The first-order chi connectivity index (χ1) is 70.6. The number of aliphatic hydroxyl groups is 1. The van der Waals surface area contributed by atoms with Crippen LogP contribution in [-0.4, -0.2) is 220 Å². The average Bonchev–Trinajstić information content (AvgIpc) is 2.16. The van der Waals surface area contributed by atoms with Gasteiger partial charge in [0.25, 0.3) is 0 Å². The number of likely N-dealkylation sites (tertiary alicyclic amines) is 1. The van der Waals surface area contributed by atoms with Crippen LogP contribution in [-0.2, 0) is 28.8 Å². The van der Waals surface area contributed by atoms with Gasteiger partial charge in [-0.05, 0) is 148 Å². The summed E-state index contributed by atoms with van der Waals surface area (Å²) in [6, 6.07) is 0. The number of aliphatic hydroxyl groups excluding tert-OH is 1. The van der Waals surface area contributed by atoms with Gasteiger partial charge < -0.3 is 48.5 Å². The fourth-order valence-corrected chi connectivity index (χ4v) is 22.1. The number of aromatic nitrogens is 10. The summed E-state index contributed by atoms with van der Waals surface area (Å²) in [5.41, 5.74) is 16.9. The highest BCUT2D eigenvalue weighted by Gasteiger charge is 2.27. The number of β-amino-alcohol motifs (C(OH)–C–C–N with tert-alkyl or cyclic N) is 1. The first-order valence-corrected chi connectivity index (χ1v) is 57.5. The minimum atomic E-state index is -0.600. The van der Waals surface area contributed by atoms with Crippen LogP contribution in [0.25, 0.3) is 0 Å². The summed E-state index contributed by atoms with van der Waals surface area (Å²) in [5, 5.41) is 25.7. The first-order valence-electron chi connectivity index (χ1n) is 46.7. The van der Waals surface area contributed by atoms with Gasteiger partial charge in [0.05, 0.1) is 56.2 Å². The Morgan fingerprint density at radius 1 is 0.307 bits per heavy atom. The van der Waals surface area contributed by atoms with Crippen molar-refractivity contribution in [1.82, 2.24) is 76.0 Å². The van der Waals surface area contributed by atoms with E-state index in [2.05, 4.69) is 82.9 Å². The van der Waals surface area contributed by atoms with Gasteiger partial charge in [0, 0.05) is 136 Å². The Balaban J connectivity index is 0.000000564. The van der Waals surface area contributed by atoms with Crippen molar-refractivity contribution in [2.24, 2.45) is 17.2 Å². The van der Waals surface area contributed by atoms with Crippen molar-refractivity contribution < 1.29 is 95.0 Å². The van der Waals surface area contributed by atoms with Crippen LogP contribution < -0.4 is 38.5 Å². The summed E-state index contributed by atoms with van der Waals surface area (Å²) >= 11 is 52.8. The summed E-state index contributed by atoms with van der Waals surface area (Å²) in [4.78, 5) is 222. The molecule has 0 saturated carbocycles. The molecule has 1 saturated heterocycles. The molecule has 150 heavy (non-hydrogen) atoms. The fraction of sp³-hybridized carbons (Fsp3) is 0.516. The Morgan fingerprint density at radius 2 is 0.540 bits per heavy atom. The van der Waals surface area contributed by atoms with Gasteiger partial charge in [0.2, 0.25) is 44.9 Å². The van der Waals surface area contributed by atoms with Gasteiger partial charge in [-0.25, -0.2) is 49.8 Å². The molecule has 55 heteroatoms. The van der Waals surface area contributed by atoms with E-state index >= 15 is 0 Å². The minimum absolute atomic E-state index is 0.00334. The number of hydrogen-bond donors (Lipinski definition) is 8. The smallest absolute Gasteiger partial charge is 0.220 e. The van der Waals surface area contributed by atoms with E-state index in [1.165, 1.54) is 106 Å². The van der Waals surface area contributed by atoms with Crippen LogP contribution in [0.2, 0.25) is 30.4 Å². The molecule has 1 atom stereocenters. The second kappa shape index (κ2) is 74.7. The Morgan fingerprint density at radius 3 is 0.767 bits per heavy atom. The van der Waals surface area contributed by atoms with Crippen molar-refractivity contribution in [2.45, 2.75) is 263 Å². The first kappa shape index (κ1) is 138. The van der Waals surface area contributed by atoms with Gasteiger partial charge in [-0.15, -0.1) is 79.4 Å². The van der Waals surface area contributed by atoms with Crippen LogP contribution in [0.15, 0.2) is 0 Å². The molecule has 11 N–H and O–H groups in total. The molecular weight excluding hydrogens is 2290 g/mol. The van der Waals surface area contributed by atoms with Crippen LogP contribution >= 0.6 is 195 Å². The Labute approximate surface area is 943 Å². The third-order valence-electron chi connectivity index (χ3n) is 19.6. The van der Waals surface area contributed by atoms with E-state index in [1.54, 1.807) is 41.5 Å². The third-order valence-corrected chi connectivity index (χ3v) is 30.1. The molecule has 35 nitrogen and oxygen atoms in total. The highest BCUT2D eigenvalue weighted by molar-refractivity contribution is 7.18. The van der Waals surface area contributed by atoms with Crippen molar-refractivity contribution in [3.8, 4) is 0 Å². The molecular formula is C95H124Cl7F3N18O17S10. The summed E-state index contributed by atoms with van der Waals surface area (Å²) in [6.45, 7) is 25.7. The molecule has 11 heterocycles. The summed E-state index contributed by atoms with van der Waals surface area (Å²) in [6.07, 6.45) is 12.4. The van der Waals surface area contributed by atoms with Crippen molar-refractivity contribution in [3.05, 3.63) is 153 Å². The number of ketones is 11. The van der Waals surface area contributed by atoms with Crippen LogP contribution in [0.4, 0.5) is 13.2 Å². The van der Waals surface area contributed by atoms with Gasteiger partial charge in [-0.1, -0.05) is 148 Å². The molecule has 1 aliphatic rings. The number of Topliss-reactive ketones (excluding diaryl/α,β-unsaturated/α-hetero) is 11. The zero-order valence-electron chi connectivity index (χ0n) is 85.7. The van der Waals surface area contributed by atoms with Gasteiger partial charge in [-0.2, -0.15) is 13.2 Å². The highest BCUT2D eigenvalue weighted by atomic mass is 35.5. The number of primary amides is 3. The molecule has 10 aromatic rings. The molecule has 0 bridgehead atoms. The van der Waals surface area contributed by atoms with Gasteiger partial charge in [0.15, 0.2) is 74.9 Å². The number of halogens is 10. The van der Waals surface area contributed by atoms with Crippen LogP contribution in [0, 0.1) is 84.6 Å². The Kier molecular flexibility index (Phi) is 68.6. The largest absolute Gasteiger partial charge is 0.392 e. The lowest BCUT2D eigenvalue weighted by Gasteiger charge is -2.13. The van der Waals surface area contributed by atoms with E-state index in [1.807, 2.05) is 48.7 Å². The number of carbonyl (C=O) groups is 16. The quantitative estimate of drug-likeness (QED) is 0.0130. The molecule has 1 fully saturated rings. The lowest BCUT2D eigenvalue weighted by atomic mass is 10.1. The average molecular weight is 2420 g/mol.